The Morgan fingerprint density at radius 2 is 1.96 bits per heavy atom. The third kappa shape index (κ3) is 3.16. The molecule has 0 atom stereocenters. The fourth-order valence-corrected chi connectivity index (χ4v) is 3.68. The molecule has 6 nitrogen and oxygen atoms in total. The average Bonchev–Trinajstić information content (AvgIpc) is 3.12. The summed E-state index contributed by atoms with van der Waals surface area (Å²) in [7, 11) is 0. The summed E-state index contributed by atoms with van der Waals surface area (Å²) in [5, 5.41) is 0.633. The molecule has 3 heterocycles. The molecule has 1 amide bonds. The predicted octanol–water partition coefficient (Wildman–Crippen LogP) is 3.64. The molecule has 0 unspecified atom stereocenters. The van der Waals surface area contributed by atoms with Gasteiger partial charge in [-0.25, -0.2) is 9.97 Å². The van der Waals surface area contributed by atoms with Crippen molar-refractivity contribution >= 4 is 32.6 Å². The van der Waals surface area contributed by atoms with Gasteiger partial charge >= 0.3 is 0 Å². The second-order valence-electron chi connectivity index (χ2n) is 5.76. The van der Waals surface area contributed by atoms with Crippen LogP contribution in [-0.2, 0) is 6.54 Å². The van der Waals surface area contributed by atoms with Crippen molar-refractivity contribution < 1.29 is 4.79 Å². The fourth-order valence-electron chi connectivity index (χ4n) is 2.64. The van der Waals surface area contributed by atoms with Crippen LogP contribution in [0.3, 0.4) is 0 Å². The maximum atomic E-state index is 13.1. The van der Waals surface area contributed by atoms with Gasteiger partial charge in [-0.05, 0) is 30.2 Å². The number of anilines is 1. The third-order valence-electron chi connectivity index (χ3n) is 3.93. The quantitative estimate of drug-likeness (QED) is 0.555. The van der Waals surface area contributed by atoms with Crippen molar-refractivity contribution in [1.29, 1.82) is 0 Å². The molecule has 0 N–H and O–H groups in total. The Hall–Kier alpha value is -3.19. The number of pyridine rings is 1. The van der Waals surface area contributed by atoms with E-state index in [0.29, 0.717) is 11.7 Å². The zero-order valence-electron chi connectivity index (χ0n) is 14.0. The molecule has 0 bridgehead atoms. The summed E-state index contributed by atoms with van der Waals surface area (Å²) >= 11 is 1.49. The van der Waals surface area contributed by atoms with E-state index in [9.17, 15) is 4.79 Å². The Balaban J connectivity index is 1.78. The topological polar surface area (TPSA) is 71.9 Å². The number of thiazole rings is 1. The molecule has 26 heavy (non-hydrogen) atoms. The number of amides is 1. The molecule has 0 fully saturated rings. The summed E-state index contributed by atoms with van der Waals surface area (Å²) in [5.41, 5.74) is 3.20. The maximum absolute atomic E-state index is 13.1. The molecule has 0 radical (unpaired) electrons. The van der Waals surface area contributed by atoms with Gasteiger partial charge in [0.2, 0.25) is 0 Å². The van der Waals surface area contributed by atoms with Crippen LogP contribution in [0.5, 0.6) is 0 Å². The second-order valence-corrected chi connectivity index (χ2v) is 6.77. The Morgan fingerprint density at radius 1 is 1.08 bits per heavy atom. The monoisotopic (exact) mass is 361 g/mol. The summed E-state index contributed by atoms with van der Waals surface area (Å²) in [6, 6.07) is 9.81. The number of carbonyl (C=O) groups excluding carboxylic acids is 1. The highest BCUT2D eigenvalue weighted by Crippen LogP contribution is 2.32. The van der Waals surface area contributed by atoms with E-state index in [0.717, 1.165) is 21.3 Å². The molecule has 0 saturated carbocycles. The SMILES string of the molecule is Cc1cccc2sc(N(Cc3cccnc3)C(=O)c3cnccn3)nc12. The van der Waals surface area contributed by atoms with Gasteiger partial charge in [0.25, 0.3) is 5.91 Å². The highest BCUT2D eigenvalue weighted by molar-refractivity contribution is 7.22. The van der Waals surface area contributed by atoms with E-state index in [4.69, 9.17) is 4.98 Å². The van der Waals surface area contributed by atoms with Gasteiger partial charge in [0, 0.05) is 24.8 Å². The number of carbonyl (C=O) groups is 1. The normalized spacial score (nSPS) is 10.8. The van der Waals surface area contributed by atoms with Crippen LogP contribution >= 0.6 is 11.3 Å². The first kappa shape index (κ1) is 16.3. The van der Waals surface area contributed by atoms with E-state index in [-0.39, 0.29) is 11.6 Å². The van der Waals surface area contributed by atoms with E-state index in [1.807, 2.05) is 37.3 Å². The predicted molar refractivity (Wildman–Crippen MR) is 101 cm³/mol. The van der Waals surface area contributed by atoms with Crippen LogP contribution in [0.2, 0.25) is 0 Å². The van der Waals surface area contributed by atoms with Crippen molar-refractivity contribution in [3.8, 4) is 0 Å². The molecular weight excluding hydrogens is 346 g/mol. The molecule has 7 heteroatoms. The first-order chi connectivity index (χ1) is 12.7. The van der Waals surface area contributed by atoms with Crippen LogP contribution in [0, 0.1) is 6.92 Å². The Kier molecular flexibility index (Phi) is 4.37. The van der Waals surface area contributed by atoms with Crippen molar-refractivity contribution in [3.05, 3.63) is 78.1 Å². The lowest BCUT2D eigenvalue weighted by Crippen LogP contribution is -2.31. The Morgan fingerprint density at radius 3 is 2.69 bits per heavy atom. The number of aromatic nitrogens is 4. The van der Waals surface area contributed by atoms with E-state index < -0.39 is 0 Å². The van der Waals surface area contributed by atoms with Crippen molar-refractivity contribution in [3.63, 3.8) is 0 Å². The minimum Gasteiger partial charge on any atom is -0.278 e. The molecule has 0 spiro atoms. The van der Waals surface area contributed by atoms with Gasteiger partial charge < -0.3 is 0 Å². The minimum atomic E-state index is -0.237. The first-order valence-corrected chi connectivity index (χ1v) is 8.87. The molecule has 0 aliphatic rings. The van der Waals surface area contributed by atoms with Gasteiger partial charge in [-0.2, -0.15) is 0 Å². The number of hydrogen-bond acceptors (Lipinski definition) is 6. The number of para-hydroxylation sites is 1. The van der Waals surface area contributed by atoms with Gasteiger partial charge in [-0.15, -0.1) is 0 Å². The number of nitrogens with zero attached hydrogens (tertiary/aromatic N) is 5. The van der Waals surface area contributed by atoms with Gasteiger partial charge in [0.05, 0.1) is 23.0 Å². The summed E-state index contributed by atoms with van der Waals surface area (Å²) < 4.78 is 1.04. The van der Waals surface area contributed by atoms with E-state index in [2.05, 4.69) is 15.0 Å². The van der Waals surface area contributed by atoms with Crippen molar-refractivity contribution in [2.24, 2.45) is 0 Å². The fraction of sp³-hybridized carbons (Fsp3) is 0.105. The Labute approximate surface area is 154 Å². The molecule has 4 aromatic rings. The standard InChI is InChI=1S/C19H15N5OS/c1-13-4-2-6-16-17(13)23-19(26-16)24(12-14-5-3-7-20-10-14)18(25)15-11-21-8-9-22-15/h2-11H,12H2,1H3. The maximum Gasteiger partial charge on any atom is 0.280 e. The molecule has 128 valence electrons. The van der Waals surface area contributed by atoms with Crippen LogP contribution in [0.15, 0.2) is 61.3 Å². The number of hydrogen-bond donors (Lipinski definition) is 0. The lowest BCUT2D eigenvalue weighted by molar-refractivity contribution is 0.0980. The van der Waals surface area contributed by atoms with E-state index in [1.54, 1.807) is 23.5 Å². The summed E-state index contributed by atoms with van der Waals surface area (Å²) in [6.07, 6.45) is 7.98. The summed E-state index contributed by atoms with van der Waals surface area (Å²) in [4.78, 5) is 31.7. The van der Waals surface area contributed by atoms with Crippen LogP contribution in [0.1, 0.15) is 21.6 Å². The van der Waals surface area contributed by atoms with Crippen LogP contribution in [0.25, 0.3) is 10.2 Å². The lowest BCUT2D eigenvalue weighted by Gasteiger charge is -2.19. The number of benzene rings is 1. The smallest absolute Gasteiger partial charge is 0.278 e. The minimum absolute atomic E-state index is 0.237. The summed E-state index contributed by atoms with van der Waals surface area (Å²) in [6.45, 7) is 2.38. The summed E-state index contributed by atoms with van der Waals surface area (Å²) in [5.74, 6) is -0.237. The van der Waals surface area contributed by atoms with Crippen molar-refractivity contribution in [2.75, 3.05) is 4.90 Å². The molecule has 3 aromatic heterocycles. The molecule has 4 rings (SSSR count). The van der Waals surface area contributed by atoms with Gasteiger partial charge in [-0.3, -0.25) is 19.7 Å². The Bertz CT molecular complexity index is 1050. The van der Waals surface area contributed by atoms with Crippen molar-refractivity contribution in [1.82, 2.24) is 19.9 Å². The molecule has 1 aromatic carbocycles. The molecule has 0 saturated heterocycles. The lowest BCUT2D eigenvalue weighted by atomic mass is 10.2. The zero-order valence-corrected chi connectivity index (χ0v) is 14.8. The largest absolute Gasteiger partial charge is 0.280 e. The average molecular weight is 361 g/mol. The zero-order chi connectivity index (χ0) is 17.9. The molecular formula is C19H15N5OS. The van der Waals surface area contributed by atoms with E-state index >= 15 is 0 Å². The van der Waals surface area contributed by atoms with Gasteiger partial charge in [0.1, 0.15) is 5.69 Å². The number of aryl methyl sites for hydroxylation is 1. The van der Waals surface area contributed by atoms with Gasteiger partial charge in [0.15, 0.2) is 5.13 Å². The number of rotatable bonds is 4. The molecule has 0 aliphatic heterocycles. The van der Waals surface area contributed by atoms with Crippen molar-refractivity contribution in [2.45, 2.75) is 13.5 Å². The second kappa shape index (κ2) is 6.97. The number of fused-ring (bicyclic) bond motifs is 1. The highest BCUT2D eigenvalue weighted by atomic mass is 32.1. The third-order valence-corrected chi connectivity index (χ3v) is 4.97. The highest BCUT2D eigenvalue weighted by Gasteiger charge is 2.23. The van der Waals surface area contributed by atoms with E-state index in [1.165, 1.54) is 23.7 Å². The first-order valence-electron chi connectivity index (χ1n) is 8.05. The molecule has 0 aliphatic carbocycles. The van der Waals surface area contributed by atoms with Crippen LogP contribution in [0.4, 0.5) is 5.13 Å². The van der Waals surface area contributed by atoms with Crippen LogP contribution < -0.4 is 4.90 Å². The van der Waals surface area contributed by atoms with Crippen LogP contribution in [-0.4, -0.2) is 25.8 Å². The van der Waals surface area contributed by atoms with Gasteiger partial charge in [-0.1, -0.05) is 29.5 Å².